The number of fused-ring (bicyclic) bond motifs is 1. The van der Waals surface area contributed by atoms with Crippen molar-refractivity contribution in [3.05, 3.63) is 81.8 Å². The number of halogens is 2. The Morgan fingerprint density at radius 2 is 1.73 bits per heavy atom. The lowest BCUT2D eigenvalue weighted by molar-refractivity contribution is -0.136. The molecule has 2 aliphatic rings. The average molecular weight is 658 g/mol. The minimum Gasteiger partial charge on any atom is -0.379 e. The van der Waals surface area contributed by atoms with Gasteiger partial charge in [0.25, 0.3) is 0 Å². The van der Waals surface area contributed by atoms with Gasteiger partial charge in [-0.3, -0.25) is 19.3 Å². The van der Waals surface area contributed by atoms with Gasteiger partial charge in [0.05, 0.1) is 18.5 Å². The normalized spacial score (nSPS) is 19.0. The smallest absolute Gasteiger partial charge is 0.239 e. The molecule has 2 heterocycles. The third kappa shape index (κ3) is 8.67. The van der Waals surface area contributed by atoms with Gasteiger partial charge in [-0.25, -0.2) is 0 Å². The van der Waals surface area contributed by atoms with E-state index in [0.29, 0.717) is 28.7 Å². The number of carbonyl (C=O) groups is 3. The Bertz CT molecular complexity index is 1460. The fourth-order valence-electron chi connectivity index (χ4n) is 5.61. The molecule has 5 rings (SSSR count). The van der Waals surface area contributed by atoms with Crippen LogP contribution in [0.5, 0.6) is 0 Å². The lowest BCUT2D eigenvalue weighted by atomic mass is 10.0. The number of carbonyl (C=O) groups excluding carboxylic acids is 3. The fourth-order valence-corrected chi connectivity index (χ4v) is 7.67. The molecule has 8 nitrogen and oxygen atoms in total. The number of amides is 3. The van der Waals surface area contributed by atoms with Crippen LogP contribution in [0.15, 0.2) is 60.7 Å². The fraction of sp³-hybridized carbons (Fsp3) is 0.424. The Hall–Kier alpha value is -2.82. The molecule has 234 valence electrons. The molecule has 2 fully saturated rings. The second-order valence-electron chi connectivity index (χ2n) is 11.1. The number of thioether (sulfide) groups is 1. The summed E-state index contributed by atoms with van der Waals surface area (Å²) in [5, 5.41) is 7.86. The summed E-state index contributed by atoms with van der Waals surface area (Å²) in [5.41, 5.74) is 1.69. The minimum absolute atomic E-state index is 0.00274. The van der Waals surface area contributed by atoms with Gasteiger partial charge in [-0.05, 0) is 47.9 Å². The first-order chi connectivity index (χ1) is 21.4. The van der Waals surface area contributed by atoms with Gasteiger partial charge in [0, 0.05) is 48.2 Å². The Morgan fingerprint density at radius 1 is 0.932 bits per heavy atom. The summed E-state index contributed by atoms with van der Waals surface area (Å²) in [6.07, 6.45) is 2.94. The molecule has 0 saturated carbocycles. The number of hydrogen-bond donors (Lipinski definition) is 2. The van der Waals surface area contributed by atoms with Crippen LogP contribution in [0.4, 0.5) is 0 Å². The molecule has 0 radical (unpaired) electrons. The van der Waals surface area contributed by atoms with Crippen molar-refractivity contribution in [1.82, 2.24) is 20.4 Å². The van der Waals surface area contributed by atoms with Crippen molar-refractivity contribution in [1.29, 1.82) is 0 Å². The molecule has 0 unspecified atom stereocenters. The highest BCUT2D eigenvalue weighted by Crippen LogP contribution is 2.46. The second kappa shape index (κ2) is 16.0. The largest absolute Gasteiger partial charge is 0.379 e. The van der Waals surface area contributed by atoms with Crippen LogP contribution in [-0.4, -0.2) is 78.7 Å². The van der Waals surface area contributed by atoms with Gasteiger partial charge in [0.1, 0.15) is 11.9 Å². The first-order valence-electron chi connectivity index (χ1n) is 15.1. The zero-order valence-corrected chi connectivity index (χ0v) is 26.9. The molecular weight excluding hydrogens is 619 g/mol. The summed E-state index contributed by atoms with van der Waals surface area (Å²) in [7, 11) is 0. The lowest BCUT2D eigenvalue weighted by Gasteiger charge is -2.26. The van der Waals surface area contributed by atoms with E-state index < -0.39 is 10.6 Å². The van der Waals surface area contributed by atoms with Gasteiger partial charge in [0.15, 0.2) is 0 Å². The maximum atomic E-state index is 13.6. The van der Waals surface area contributed by atoms with Crippen molar-refractivity contribution >= 4 is 63.5 Å². The van der Waals surface area contributed by atoms with E-state index >= 15 is 0 Å². The molecule has 2 atom stereocenters. The Balaban J connectivity index is 1.16. The molecule has 0 aromatic heterocycles. The third-order valence-corrected chi connectivity index (χ3v) is 10.0. The lowest BCUT2D eigenvalue weighted by Crippen LogP contribution is -2.41. The number of unbranched alkanes of at least 4 members (excludes halogenated alkanes) is 2. The van der Waals surface area contributed by atoms with Crippen molar-refractivity contribution in [2.24, 2.45) is 0 Å². The van der Waals surface area contributed by atoms with Crippen LogP contribution in [-0.2, 0) is 25.7 Å². The van der Waals surface area contributed by atoms with Crippen LogP contribution < -0.4 is 10.6 Å². The summed E-state index contributed by atoms with van der Waals surface area (Å²) in [4.78, 5) is 43.5. The zero-order valence-electron chi connectivity index (χ0n) is 24.6. The van der Waals surface area contributed by atoms with Crippen molar-refractivity contribution in [2.45, 2.75) is 42.9 Å². The van der Waals surface area contributed by atoms with Gasteiger partial charge in [-0.2, -0.15) is 0 Å². The standard InChI is InChI=1S/C33H38Cl2N4O4S/c34-25-11-12-27(28(35)19-25)33-39(22-31(41)36-13-4-1-5-14-38-15-17-43-18-16-38)32(42)29(44-33)20-30(40)37-21-24-9-6-8-23-7-2-3-10-26(23)24/h2-3,6-12,19,29,33H,1,4-5,13-18,20-22H2,(H,36,41)(H,37,40)/t29-,33-/m1/s1. The summed E-state index contributed by atoms with van der Waals surface area (Å²) >= 11 is 14.0. The number of nitrogens with zero attached hydrogens (tertiary/aromatic N) is 2. The maximum absolute atomic E-state index is 13.6. The number of rotatable bonds is 13. The highest BCUT2D eigenvalue weighted by Gasteiger charge is 2.43. The molecule has 0 aliphatic carbocycles. The summed E-state index contributed by atoms with van der Waals surface area (Å²) in [6, 6.07) is 19.1. The molecule has 44 heavy (non-hydrogen) atoms. The molecule has 2 N–H and O–H groups in total. The highest BCUT2D eigenvalue weighted by molar-refractivity contribution is 8.01. The van der Waals surface area contributed by atoms with Gasteiger partial charge < -0.3 is 20.3 Å². The Labute approximate surface area is 272 Å². The quantitative estimate of drug-likeness (QED) is 0.239. The SMILES string of the molecule is O=C(C[C@H]1S[C@H](c2ccc(Cl)cc2Cl)N(CC(=O)NCCCCCN2CCOCC2)C1=O)NCc1cccc2ccccc12. The third-order valence-electron chi connectivity index (χ3n) is 7.98. The number of benzene rings is 3. The summed E-state index contributed by atoms with van der Waals surface area (Å²) in [5.74, 6) is -0.719. The summed E-state index contributed by atoms with van der Waals surface area (Å²) in [6.45, 7) is 5.37. The van der Waals surface area contributed by atoms with E-state index in [1.165, 1.54) is 16.7 Å². The minimum atomic E-state index is -0.646. The van der Waals surface area contributed by atoms with E-state index in [4.69, 9.17) is 27.9 Å². The van der Waals surface area contributed by atoms with Crippen LogP contribution >= 0.6 is 35.0 Å². The van der Waals surface area contributed by atoms with Crippen molar-refractivity contribution in [2.75, 3.05) is 45.9 Å². The number of ether oxygens (including phenoxy) is 1. The summed E-state index contributed by atoms with van der Waals surface area (Å²) < 4.78 is 5.39. The molecule has 3 aromatic carbocycles. The van der Waals surface area contributed by atoms with E-state index in [-0.39, 0.29) is 30.7 Å². The molecule has 0 bridgehead atoms. The van der Waals surface area contributed by atoms with Gasteiger partial charge in [-0.15, -0.1) is 11.8 Å². The Kier molecular flexibility index (Phi) is 11.8. The van der Waals surface area contributed by atoms with E-state index in [2.05, 4.69) is 15.5 Å². The molecule has 2 aliphatic heterocycles. The monoisotopic (exact) mass is 656 g/mol. The molecular formula is C33H38Cl2N4O4S. The molecule has 11 heteroatoms. The molecule has 0 spiro atoms. The predicted molar refractivity (Wildman–Crippen MR) is 177 cm³/mol. The number of hydrogen-bond acceptors (Lipinski definition) is 6. The van der Waals surface area contributed by atoms with Gasteiger partial charge in [0.2, 0.25) is 17.7 Å². The van der Waals surface area contributed by atoms with Crippen LogP contribution in [0.25, 0.3) is 10.8 Å². The van der Waals surface area contributed by atoms with Crippen molar-refractivity contribution in [3.8, 4) is 0 Å². The first kappa shape index (κ1) is 32.6. The predicted octanol–water partition coefficient (Wildman–Crippen LogP) is 5.41. The van der Waals surface area contributed by atoms with Crippen molar-refractivity contribution in [3.63, 3.8) is 0 Å². The van der Waals surface area contributed by atoms with Crippen LogP contribution in [0.3, 0.4) is 0 Å². The van der Waals surface area contributed by atoms with E-state index in [1.54, 1.807) is 18.2 Å². The van der Waals surface area contributed by atoms with Crippen LogP contribution in [0, 0.1) is 0 Å². The molecule has 3 aromatic rings. The van der Waals surface area contributed by atoms with E-state index in [1.807, 2.05) is 42.5 Å². The molecule has 2 saturated heterocycles. The van der Waals surface area contributed by atoms with Gasteiger partial charge >= 0.3 is 0 Å². The van der Waals surface area contributed by atoms with Crippen LogP contribution in [0.2, 0.25) is 10.0 Å². The van der Waals surface area contributed by atoms with Crippen molar-refractivity contribution < 1.29 is 19.1 Å². The second-order valence-corrected chi connectivity index (χ2v) is 13.2. The number of morpholine rings is 1. The van der Waals surface area contributed by atoms with E-state index in [9.17, 15) is 14.4 Å². The maximum Gasteiger partial charge on any atom is 0.239 e. The zero-order chi connectivity index (χ0) is 30.9. The number of nitrogens with one attached hydrogen (secondary N) is 2. The first-order valence-corrected chi connectivity index (χ1v) is 16.8. The topological polar surface area (TPSA) is 91.0 Å². The average Bonchev–Trinajstić information content (AvgIpc) is 3.31. The van der Waals surface area contributed by atoms with E-state index in [0.717, 1.165) is 68.4 Å². The molecule has 3 amide bonds. The van der Waals surface area contributed by atoms with Crippen LogP contribution in [0.1, 0.15) is 42.2 Å². The Morgan fingerprint density at radius 3 is 2.55 bits per heavy atom. The highest BCUT2D eigenvalue weighted by atomic mass is 35.5. The van der Waals surface area contributed by atoms with Gasteiger partial charge in [-0.1, -0.05) is 78.2 Å².